The number of carbonyl (C=O) groups excluding carboxylic acids is 1. The molecule has 0 unspecified atom stereocenters. The molecule has 0 spiro atoms. The van der Waals surface area contributed by atoms with Gasteiger partial charge in [-0.1, -0.05) is 6.07 Å². The highest BCUT2D eigenvalue weighted by Gasteiger charge is 2.06. The molecule has 0 fully saturated rings. The third-order valence-corrected chi connectivity index (χ3v) is 4.00. The van der Waals surface area contributed by atoms with Crippen LogP contribution in [-0.2, 0) is 6.42 Å². The van der Waals surface area contributed by atoms with E-state index in [9.17, 15) is 4.79 Å². The van der Waals surface area contributed by atoms with Crippen LogP contribution in [0.25, 0.3) is 0 Å². The van der Waals surface area contributed by atoms with Crippen LogP contribution in [0.15, 0.2) is 47.7 Å². The predicted molar refractivity (Wildman–Crippen MR) is 109 cm³/mol. The van der Waals surface area contributed by atoms with Crippen molar-refractivity contribution < 1.29 is 14.3 Å². The van der Waals surface area contributed by atoms with Gasteiger partial charge in [-0.25, -0.2) is 0 Å². The molecular weight excluding hydrogens is 358 g/mol. The van der Waals surface area contributed by atoms with Crippen molar-refractivity contribution in [3.05, 3.63) is 53.9 Å². The standard InChI is InChI=1S/C20H27N5O3/c1-21-20(25-12-11-23-19(26)16-5-4-9-22-14-16)24-10-8-15-6-7-17(27-2)18(13-15)28-3/h4-7,9,13-14H,8,10-12H2,1-3H3,(H,23,26)(H2,21,24,25). The van der Waals surface area contributed by atoms with Crippen molar-refractivity contribution in [1.29, 1.82) is 0 Å². The zero-order chi connectivity index (χ0) is 20.2. The maximum atomic E-state index is 11.9. The van der Waals surface area contributed by atoms with Gasteiger partial charge in [-0.3, -0.25) is 14.8 Å². The van der Waals surface area contributed by atoms with E-state index in [0.717, 1.165) is 12.0 Å². The first kappa shape index (κ1) is 21.0. The third-order valence-electron chi connectivity index (χ3n) is 4.00. The number of guanidine groups is 1. The quantitative estimate of drug-likeness (QED) is 0.341. The van der Waals surface area contributed by atoms with Gasteiger partial charge in [0.15, 0.2) is 17.5 Å². The second-order valence-electron chi connectivity index (χ2n) is 5.86. The Hall–Kier alpha value is -3.29. The Morgan fingerprint density at radius 3 is 2.46 bits per heavy atom. The fraction of sp³-hybridized carbons (Fsp3) is 0.350. The van der Waals surface area contributed by atoms with E-state index in [1.807, 2.05) is 18.2 Å². The summed E-state index contributed by atoms with van der Waals surface area (Å²) in [6, 6.07) is 9.33. The smallest absolute Gasteiger partial charge is 0.252 e. The lowest BCUT2D eigenvalue weighted by molar-refractivity contribution is 0.0954. The lowest BCUT2D eigenvalue weighted by atomic mass is 10.1. The van der Waals surface area contributed by atoms with Gasteiger partial charge in [0, 0.05) is 39.1 Å². The molecule has 1 heterocycles. The average Bonchev–Trinajstić information content (AvgIpc) is 2.75. The minimum absolute atomic E-state index is 0.147. The van der Waals surface area contributed by atoms with Crippen LogP contribution < -0.4 is 25.4 Å². The number of nitrogens with one attached hydrogen (secondary N) is 3. The summed E-state index contributed by atoms with van der Waals surface area (Å²) in [5.41, 5.74) is 1.67. The molecule has 28 heavy (non-hydrogen) atoms. The van der Waals surface area contributed by atoms with Crippen molar-refractivity contribution in [2.45, 2.75) is 6.42 Å². The van der Waals surface area contributed by atoms with E-state index >= 15 is 0 Å². The molecule has 3 N–H and O–H groups in total. The number of aliphatic imine (C=N–C) groups is 1. The average molecular weight is 385 g/mol. The van der Waals surface area contributed by atoms with Gasteiger partial charge in [0.05, 0.1) is 19.8 Å². The first-order valence-electron chi connectivity index (χ1n) is 9.01. The van der Waals surface area contributed by atoms with Gasteiger partial charge >= 0.3 is 0 Å². The zero-order valence-electron chi connectivity index (χ0n) is 16.5. The molecule has 1 amide bonds. The van der Waals surface area contributed by atoms with E-state index in [4.69, 9.17) is 9.47 Å². The van der Waals surface area contributed by atoms with Crippen LogP contribution in [0, 0.1) is 0 Å². The molecule has 2 rings (SSSR count). The molecule has 0 aliphatic heterocycles. The number of pyridine rings is 1. The summed E-state index contributed by atoms with van der Waals surface area (Å²) in [5, 5.41) is 9.25. The molecule has 0 bridgehead atoms. The number of methoxy groups -OCH3 is 2. The van der Waals surface area contributed by atoms with Crippen LogP contribution in [0.2, 0.25) is 0 Å². The van der Waals surface area contributed by atoms with Gasteiger partial charge in [0.25, 0.3) is 5.91 Å². The largest absolute Gasteiger partial charge is 0.493 e. The monoisotopic (exact) mass is 385 g/mol. The molecule has 0 atom stereocenters. The third kappa shape index (κ3) is 6.46. The first-order chi connectivity index (χ1) is 13.7. The number of amides is 1. The van der Waals surface area contributed by atoms with E-state index < -0.39 is 0 Å². The number of nitrogens with zero attached hydrogens (tertiary/aromatic N) is 2. The SMILES string of the molecule is CN=C(NCCNC(=O)c1cccnc1)NCCc1ccc(OC)c(OC)c1. The van der Waals surface area contributed by atoms with Crippen LogP contribution in [-0.4, -0.2) is 57.8 Å². The zero-order valence-corrected chi connectivity index (χ0v) is 16.5. The summed E-state index contributed by atoms with van der Waals surface area (Å²) in [7, 11) is 4.95. The summed E-state index contributed by atoms with van der Waals surface area (Å²) in [4.78, 5) is 20.1. The van der Waals surface area contributed by atoms with Crippen molar-refractivity contribution in [3.8, 4) is 11.5 Å². The Morgan fingerprint density at radius 2 is 1.79 bits per heavy atom. The van der Waals surface area contributed by atoms with E-state index in [1.165, 1.54) is 6.20 Å². The normalized spacial score (nSPS) is 10.9. The second-order valence-corrected chi connectivity index (χ2v) is 5.86. The van der Waals surface area contributed by atoms with E-state index in [1.54, 1.807) is 39.6 Å². The lowest BCUT2D eigenvalue weighted by Crippen LogP contribution is -2.42. The molecule has 0 aliphatic carbocycles. The van der Waals surface area contributed by atoms with Gasteiger partial charge < -0.3 is 25.4 Å². The van der Waals surface area contributed by atoms with Crippen LogP contribution >= 0.6 is 0 Å². The number of hydrogen-bond donors (Lipinski definition) is 3. The molecule has 8 nitrogen and oxygen atoms in total. The number of ether oxygens (including phenoxy) is 2. The van der Waals surface area contributed by atoms with Crippen molar-refractivity contribution in [2.75, 3.05) is 40.9 Å². The lowest BCUT2D eigenvalue weighted by Gasteiger charge is -2.13. The molecule has 150 valence electrons. The Morgan fingerprint density at radius 1 is 1.04 bits per heavy atom. The van der Waals surface area contributed by atoms with Crippen molar-refractivity contribution in [2.24, 2.45) is 4.99 Å². The Labute approximate surface area is 165 Å². The minimum atomic E-state index is -0.147. The van der Waals surface area contributed by atoms with E-state index in [-0.39, 0.29) is 5.91 Å². The molecular formula is C20H27N5O3. The molecule has 0 radical (unpaired) electrons. The van der Waals surface area contributed by atoms with Crippen LogP contribution in [0.1, 0.15) is 15.9 Å². The topological polar surface area (TPSA) is 96.9 Å². The number of hydrogen-bond acceptors (Lipinski definition) is 5. The summed E-state index contributed by atoms with van der Waals surface area (Å²) in [6.07, 6.45) is 3.98. The highest BCUT2D eigenvalue weighted by molar-refractivity contribution is 5.93. The van der Waals surface area contributed by atoms with Crippen molar-refractivity contribution in [1.82, 2.24) is 20.9 Å². The minimum Gasteiger partial charge on any atom is -0.493 e. The van der Waals surface area contributed by atoms with Crippen LogP contribution in [0.5, 0.6) is 11.5 Å². The van der Waals surface area contributed by atoms with Gasteiger partial charge in [0.1, 0.15) is 0 Å². The van der Waals surface area contributed by atoms with E-state index in [0.29, 0.717) is 42.7 Å². The number of rotatable bonds is 9. The Kier molecular flexibility index (Phi) is 8.58. The van der Waals surface area contributed by atoms with Crippen LogP contribution in [0.3, 0.4) is 0 Å². The van der Waals surface area contributed by atoms with Crippen molar-refractivity contribution >= 4 is 11.9 Å². The first-order valence-corrected chi connectivity index (χ1v) is 9.01. The van der Waals surface area contributed by atoms with Gasteiger partial charge in [-0.05, 0) is 36.2 Å². The summed E-state index contributed by atoms with van der Waals surface area (Å²) >= 11 is 0. The highest BCUT2D eigenvalue weighted by Crippen LogP contribution is 2.27. The number of carbonyl (C=O) groups is 1. The maximum Gasteiger partial charge on any atom is 0.252 e. The number of benzene rings is 1. The van der Waals surface area contributed by atoms with Gasteiger partial charge in [0.2, 0.25) is 0 Å². The van der Waals surface area contributed by atoms with Gasteiger partial charge in [-0.15, -0.1) is 0 Å². The predicted octanol–water partition coefficient (Wildman–Crippen LogP) is 1.24. The molecule has 2 aromatic rings. The molecule has 0 saturated carbocycles. The van der Waals surface area contributed by atoms with Gasteiger partial charge in [-0.2, -0.15) is 0 Å². The fourth-order valence-electron chi connectivity index (χ4n) is 2.54. The molecule has 1 aromatic carbocycles. The second kappa shape index (κ2) is 11.4. The molecule has 8 heteroatoms. The Bertz CT molecular complexity index is 781. The summed E-state index contributed by atoms with van der Waals surface area (Å²) < 4.78 is 10.6. The van der Waals surface area contributed by atoms with Crippen molar-refractivity contribution in [3.63, 3.8) is 0 Å². The maximum absolute atomic E-state index is 11.9. The fourth-order valence-corrected chi connectivity index (χ4v) is 2.54. The summed E-state index contributed by atoms with van der Waals surface area (Å²) in [6.45, 7) is 1.74. The highest BCUT2D eigenvalue weighted by atomic mass is 16.5. The Balaban J connectivity index is 1.69. The van der Waals surface area contributed by atoms with Crippen LogP contribution in [0.4, 0.5) is 0 Å². The summed E-state index contributed by atoms with van der Waals surface area (Å²) in [5.74, 6) is 1.96. The molecule has 0 aliphatic rings. The van der Waals surface area contributed by atoms with E-state index in [2.05, 4.69) is 25.9 Å². The number of aromatic nitrogens is 1. The molecule has 0 saturated heterocycles. The molecule has 1 aromatic heterocycles.